The van der Waals surface area contributed by atoms with Gasteiger partial charge in [-0.15, -0.1) is 0 Å². The van der Waals surface area contributed by atoms with Crippen LogP contribution in [0.25, 0.3) is 0 Å². The summed E-state index contributed by atoms with van der Waals surface area (Å²) in [6.45, 7) is 10.4. The summed E-state index contributed by atoms with van der Waals surface area (Å²) < 4.78 is 5.58. The van der Waals surface area contributed by atoms with Gasteiger partial charge in [0.2, 0.25) is 0 Å². The van der Waals surface area contributed by atoms with Gasteiger partial charge in [-0.25, -0.2) is 4.79 Å². The quantitative estimate of drug-likeness (QED) is 0.252. The van der Waals surface area contributed by atoms with Crippen LogP contribution >= 0.6 is 23.2 Å². The summed E-state index contributed by atoms with van der Waals surface area (Å²) >= 11 is 12.3. The van der Waals surface area contributed by atoms with Gasteiger partial charge in [0.15, 0.2) is 0 Å². The molecular formula is C31H35Cl2N3O4. The number of benzene rings is 3. The minimum absolute atomic E-state index is 0.191. The highest BCUT2D eigenvalue weighted by atomic mass is 35.5. The van der Waals surface area contributed by atoms with E-state index in [4.69, 9.17) is 27.9 Å². The van der Waals surface area contributed by atoms with Crippen LogP contribution in [0.4, 0.5) is 5.69 Å². The van der Waals surface area contributed by atoms with Crippen LogP contribution in [0, 0.1) is 13.8 Å². The van der Waals surface area contributed by atoms with Gasteiger partial charge >= 0.3 is 5.97 Å². The summed E-state index contributed by atoms with van der Waals surface area (Å²) in [4.78, 5) is 41.2. The zero-order valence-electron chi connectivity index (χ0n) is 23.2. The number of ether oxygens (including phenoxy) is 1. The lowest BCUT2D eigenvalue weighted by atomic mass is 10.0. The minimum Gasteiger partial charge on any atom is -0.463 e. The molecule has 0 aliphatic rings. The van der Waals surface area contributed by atoms with Crippen molar-refractivity contribution in [2.24, 2.45) is 0 Å². The van der Waals surface area contributed by atoms with E-state index >= 15 is 0 Å². The maximum Gasteiger partial charge on any atom is 0.329 e. The number of nitrogens with zero attached hydrogens (tertiary/aromatic N) is 1. The average Bonchev–Trinajstić information content (AvgIpc) is 2.91. The van der Waals surface area contributed by atoms with E-state index in [0.29, 0.717) is 17.8 Å². The van der Waals surface area contributed by atoms with Crippen LogP contribution in [0.3, 0.4) is 0 Å². The van der Waals surface area contributed by atoms with Crippen molar-refractivity contribution in [1.29, 1.82) is 0 Å². The number of aryl methyl sites for hydroxylation is 2. The average molecular weight is 585 g/mol. The van der Waals surface area contributed by atoms with E-state index in [9.17, 15) is 14.4 Å². The van der Waals surface area contributed by atoms with Crippen LogP contribution < -0.4 is 10.6 Å². The molecule has 0 spiro atoms. The minimum atomic E-state index is -0.898. The molecule has 0 aromatic heterocycles. The third-order valence-electron chi connectivity index (χ3n) is 6.69. The molecule has 0 saturated carbocycles. The number of hydrogen-bond acceptors (Lipinski definition) is 5. The fourth-order valence-corrected chi connectivity index (χ4v) is 4.95. The molecule has 0 fully saturated rings. The largest absolute Gasteiger partial charge is 0.463 e. The maximum absolute atomic E-state index is 13.2. The van der Waals surface area contributed by atoms with Gasteiger partial charge in [-0.1, -0.05) is 73.4 Å². The number of halogens is 2. The van der Waals surface area contributed by atoms with Crippen molar-refractivity contribution in [1.82, 2.24) is 10.2 Å². The van der Waals surface area contributed by atoms with Crippen molar-refractivity contribution in [3.8, 4) is 0 Å². The Kier molecular flexibility index (Phi) is 11.6. The lowest BCUT2D eigenvalue weighted by Gasteiger charge is -2.21. The van der Waals surface area contributed by atoms with Crippen molar-refractivity contribution in [3.05, 3.63) is 98.5 Å². The molecule has 3 aromatic rings. The molecule has 3 aromatic carbocycles. The number of amides is 2. The molecule has 3 rings (SSSR count). The number of carbonyl (C=O) groups is 3. The van der Waals surface area contributed by atoms with Crippen molar-refractivity contribution >= 4 is 46.7 Å². The Morgan fingerprint density at radius 1 is 0.825 bits per heavy atom. The Morgan fingerprint density at radius 3 is 1.98 bits per heavy atom. The molecule has 0 bridgehead atoms. The van der Waals surface area contributed by atoms with Crippen LogP contribution in [0.5, 0.6) is 0 Å². The molecule has 7 nitrogen and oxygen atoms in total. The Labute approximate surface area is 245 Å². The number of carbonyl (C=O) groups excluding carboxylic acids is 3. The fraction of sp³-hybridized carbons (Fsp3) is 0.323. The van der Waals surface area contributed by atoms with Crippen molar-refractivity contribution in [2.45, 2.75) is 40.2 Å². The smallest absolute Gasteiger partial charge is 0.329 e. The second-order valence-corrected chi connectivity index (χ2v) is 10.3. The second kappa shape index (κ2) is 14.8. The van der Waals surface area contributed by atoms with Crippen molar-refractivity contribution in [3.63, 3.8) is 0 Å². The van der Waals surface area contributed by atoms with Gasteiger partial charge in [0.05, 0.1) is 15.6 Å². The normalized spacial score (nSPS) is 11.7. The van der Waals surface area contributed by atoms with E-state index in [1.165, 1.54) is 0 Å². The van der Waals surface area contributed by atoms with Gasteiger partial charge in [-0.3, -0.25) is 9.59 Å². The summed E-state index contributed by atoms with van der Waals surface area (Å²) in [6.07, 6.45) is 0.214. The predicted octanol–water partition coefficient (Wildman–Crippen LogP) is 6.09. The highest BCUT2D eigenvalue weighted by Gasteiger charge is 2.25. The molecule has 2 amide bonds. The van der Waals surface area contributed by atoms with Crippen molar-refractivity contribution < 1.29 is 19.1 Å². The Hall–Kier alpha value is -3.39. The summed E-state index contributed by atoms with van der Waals surface area (Å²) in [7, 11) is 0. The van der Waals surface area contributed by atoms with Gasteiger partial charge < -0.3 is 20.3 Å². The molecule has 0 aliphatic heterocycles. The third kappa shape index (κ3) is 8.31. The van der Waals surface area contributed by atoms with E-state index < -0.39 is 17.9 Å². The van der Waals surface area contributed by atoms with Crippen LogP contribution in [0.1, 0.15) is 51.3 Å². The zero-order valence-corrected chi connectivity index (χ0v) is 24.7. The molecule has 9 heteroatoms. The fourth-order valence-electron chi connectivity index (χ4n) is 4.38. The Balaban J connectivity index is 1.75. The number of likely N-dealkylation sites (N-methyl/N-ethyl adjacent to an activating group) is 1. The molecule has 0 heterocycles. The standard InChI is InChI=1S/C31H35Cl2N3O4/c1-5-36(6-2)17-18-40-31(39)26(35-29(37)27-20(3)9-7-10-21(27)4)19-22-13-15-23(16-14-22)34-30(38)28-24(32)11-8-12-25(28)33/h7-16,26H,5-6,17-19H2,1-4H3,(H,34,38)(H,35,37)/t26-/m0/s1. The SMILES string of the molecule is CCN(CC)CCOC(=O)[C@H](Cc1ccc(NC(=O)c2c(Cl)cccc2Cl)cc1)NC(=O)c1c(C)cccc1C. The predicted molar refractivity (Wildman–Crippen MR) is 160 cm³/mol. The molecule has 40 heavy (non-hydrogen) atoms. The van der Waals surface area contributed by atoms with Gasteiger partial charge in [0, 0.05) is 24.2 Å². The summed E-state index contributed by atoms with van der Waals surface area (Å²) in [6, 6.07) is 16.6. The third-order valence-corrected chi connectivity index (χ3v) is 7.32. The number of hydrogen-bond donors (Lipinski definition) is 2. The first-order valence-electron chi connectivity index (χ1n) is 13.2. The molecule has 0 saturated heterocycles. The van der Waals surface area contributed by atoms with Crippen molar-refractivity contribution in [2.75, 3.05) is 31.6 Å². The van der Waals surface area contributed by atoms with Gasteiger partial charge in [-0.2, -0.15) is 0 Å². The molecule has 1 atom stereocenters. The molecule has 212 valence electrons. The second-order valence-electron chi connectivity index (χ2n) is 9.44. The van der Waals surface area contributed by atoms with Gasteiger partial charge in [0.25, 0.3) is 11.8 Å². The van der Waals surface area contributed by atoms with E-state index in [0.717, 1.165) is 29.8 Å². The van der Waals surface area contributed by atoms with Crippen LogP contribution in [0.2, 0.25) is 10.0 Å². The van der Waals surface area contributed by atoms with Crippen LogP contribution in [-0.2, 0) is 16.0 Å². The lowest BCUT2D eigenvalue weighted by Crippen LogP contribution is -2.44. The first kappa shape index (κ1) is 31.1. The Bertz CT molecular complexity index is 1300. The number of anilines is 1. The van der Waals surface area contributed by atoms with E-state index in [1.807, 2.05) is 45.9 Å². The summed E-state index contributed by atoms with van der Waals surface area (Å²) in [5, 5.41) is 6.18. The highest BCUT2D eigenvalue weighted by molar-refractivity contribution is 6.40. The summed E-state index contributed by atoms with van der Waals surface area (Å²) in [5.74, 6) is -1.27. The maximum atomic E-state index is 13.2. The molecule has 0 radical (unpaired) electrons. The number of rotatable bonds is 12. The highest BCUT2D eigenvalue weighted by Crippen LogP contribution is 2.25. The molecule has 2 N–H and O–H groups in total. The van der Waals surface area contributed by atoms with Crippen LogP contribution in [0.15, 0.2) is 60.7 Å². The topological polar surface area (TPSA) is 87.7 Å². The Morgan fingerprint density at radius 2 is 1.40 bits per heavy atom. The number of esters is 1. The van der Waals surface area contributed by atoms with Gasteiger partial charge in [-0.05, 0) is 67.9 Å². The zero-order chi connectivity index (χ0) is 29.2. The van der Waals surface area contributed by atoms with Crippen LogP contribution in [-0.4, -0.2) is 55.0 Å². The van der Waals surface area contributed by atoms with E-state index in [1.54, 1.807) is 42.5 Å². The first-order chi connectivity index (χ1) is 19.1. The van der Waals surface area contributed by atoms with E-state index in [-0.39, 0.29) is 34.5 Å². The molecule has 0 aliphatic carbocycles. The van der Waals surface area contributed by atoms with E-state index in [2.05, 4.69) is 15.5 Å². The number of nitrogens with one attached hydrogen (secondary N) is 2. The molecule has 0 unspecified atom stereocenters. The summed E-state index contributed by atoms with van der Waals surface area (Å²) in [5.41, 5.74) is 3.69. The van der Waals surface area contributed by atoms with Gasteiger partial charge in [0.1, 0.15) is 12.6 Å². The first-order valence-corrected chi connectivity index (χ1v) is 14.0. The lowest BCUT2D eigenvalue weighted by molar-refractivity contribution is -0.146. The monoisotopic (exact) mass is 583 g/mol. The molecular weight excluding hydrogens is 549 g/mol.